The summed E-state index contributed by atoms with van der Waals surface area (Å²) in [5.74, 6) is 0.693. The van der Waals surface area contributed by atoms with Gasteiger partial charge in [-0.25, -0.2) is 0 Å². The van der Waals surface area contributed by atoms with Gasteiger partial charge < -0.3 is 19.9 Å². The lowest BCUT2D eigenvalue weighted by molar-refractivity contribution is -0.131. The topological polar surface area (TPSA) is 61.9 Å². The lowest BCUT2D eigenvalue weighted by Crippen LogP contribution is -2.48. The fraction of sp³-hybridized carbons (Fsp3) is 0.391. The Hall–Kier alpha value is -3.02. The van der Waals surface area contributed by atoms with Gasteiger partial charge in [-0.2, -0.15) is 0 Å². The number of piperazine rings is 1. The largest absolute Gasteiger partial charge is 0.491 e. The summed E-state index contributed by atoms with van der Waals surface area (Å²) in [4.78, 5) is 28.9. The first-order valence-corrected chi connectivity index (χ1v) is 10.2. The molecule has 1 heterocycles. The van der Waals surface area contributed by atoms with Crippen LogP contribution in [-0.4, -0.2) is 49.0 Å². The van der Waals surface area contributed by atoms with Crippen molar-refractivity contribution in [3.05, 3.63) is 54.1 Å². The molecule has 1 aliphatic heterocycles. The zero-order valence-corrected chi connectivity index (χ0v) is 17.4. The van der Waals surface area contributed by atoms with Crippen molar-refractivity contribution in [2.45, 2.75) is 33.3 Å². The maximum absolute atomic E-state index is 12.8. The van der Waals surface area contributed by atoms with Gasteiger partial charge in [0.15, 0.2) is 0 Å². The summed E-state index contributed by atoms with van der Waals surface area (Å²) in [6, 6.07) is 15.0. The van der Waals surface area contributed by atoms with Crippen LogP contribution in [0.2, 0.25) is 0 Å². The number of nitrogens with zero attached hydrogens (tertiary/aromatic N) is 2. The molecule has 6 nitrogen and oxygen atoms in total. The van der Waals surface area contributed by atoms with E-state index in [0.29, 0.717) is 30.8 Å². The third-order valence-electron chi connectivity index (χ3n) is 4.90. The highest BCUT2D eigenvalue weighted by atomic mass is 16.5. The quantitative estimate of drug-likeness (QED) is 0.809. The number of hydrogen-bond acceptors (Lipinski definition) is 4. The number of carbonyl (C=O) groups excluding carboxylic acids is 2. The minimum atomic E-state index is -0.175. The van der Waals surface area contributed by atoms with Gasteiger partial charge in [-0.05, 0) is 44.2 Å². The number of benzene rings is 2. The van der Waals surface area contributed by atoms with E-state index >= 15 is 0 Å². The Labute approximate surface area is 172 Å². The fourth-order valence-electron chi connectivity index (χ4n) is 3.45. The smallest absolute Gasteiger partial charge is 0.255 e. The van der Waals surface area contributed by atoms with E-state index in [4.69, 9.17) is 4.74 Å². The minimum absolute atomic E-state index is 0.0484. The van der Waals surface area contributed by atoms with Crippen LogP contribution in [0.4, 0.5) is 11.4 Å². The van der Waals surface area contributed by atoms with Gasteiger partial charge in [0, 0.05) is 38.2 Å². The molecule has 0 radical (unpaired) electrons. The number of carbonyl (C=O) groups is 2. The Morgan fingerprint density at radius 1 is 1.03 bits per heavy atom. The minimum Gasteiger partial charge on any atom is -0.491 e. The molecule has 6 heteroatoms. The summed E-state index contributed by atoms with van der Waals surface area (Å²) >= 11 is 0. The maximum Gasteiger partial charge on any atom is 0.255 e. The Bertz CT molecular complexity index is 858. The van der Waals surface area contributed by atoms with Crippen molar-refractivity contribution in [3.8, 4) is 5.75 Å². The van der Waals surface area contributed by atoms with E-state index in [1.54, 1.807) is 12.1 Å². The Morgan fingerprint density at radius 3 is 2.45 bits per heavy atom. The van der Waals surface area contributed by atoms with Crippen LogP contribution in [0, 0.1) is 0 Å². The third kappa shape index (κ3) is 5.28. The lowest BCUT2D eigenvalue weighted by atomic mass is 10.1. The van der Waals surface area contributed by atoms with Gasteiger partial charge in [0.1, 0.15) is 5.75 Å². The number of rotatable bonds is 6. The molecule has 0 saturated carbocycles. The van der Waals surface area contributed by atoms with Crippen molar-refractivity contribution in [3.63, 3.8) is 0 Å². The molecule has 29 heavy (non-hydrogen) atoms. The molecule has 154 valence electrons. The first-order valence-electron chi connectivity index (χ1n) is 10.2. The normalized spacial score (nSPS) is 14.1. The molecule has 0 atom stereocenters. The van der Waals surface area contributed by atoms with Crippen molar-refractivity contribution in [2.24, 2.45) is 0 Å². The van der Waals surface area contributed by atoms with E-state index in [9.17, 15) is 9.59 Å². The molecular formula is C23H29N3O3. The molecule has 1 fully saturated rings. The van der Waals surface area contributed by atoms with E-state index in [1.807, 2.05) is 62.1 Å². The molecule has 2 aromatic carbocycles. The monoisotopic (exact) mass is 395 g/mol. The summed E-state index contributed by atoms with van der Waals surface area (Å²) in [5, 5.41) is 3.03. The first kappa shape index (κ1) is 20.7. The molecule has 2 amide bonds. The van der Waals surface area contributed by atoms with Gasteiger partial charge in [0.05, 0.1) is 17.5 Å². The number of amides is 2. The summed E-state index contributed by atoms with van der Waals surface area (Å²) in [7, 11) is 0. The van der Waals surface area contributed by atoms with E-state index in [1.165, 1.54) is 0 Å². The zero-order chi connectivity index (χ0) is 20.8. The molecular weight excluding hydrogens is 366 g/mol. The van der Waals surface area contributed by atoms with E-state index < -0.39 is 0 Å². The van der Waals surface area contributed by atoms with Crippen molar-refractivity contribution >= 4 is 23.2 Å². The maximum atomic E-state index is 12.8. The van der Waals surface area contributed by atoms with Gasteiger partial charge >= 0.3 is 0 Å². The summed E-state index contributed by atoms with van der Waals surface area (Å²) in [6.45, 7) is 8.69. The highest BCUT2D eigenvalue weighted by Gasteiger charge is 2.22. The first-order chi connectivity index (χ1) is 14.0. The Morgan fingerprint density at radius 2 is 1.76 bits per heavy atom. The van der Waals surface area contributed by atoms with Crippen LogP contribution >= 0.6 is 0 Å². The van der Waals surface area contributed by atoms with Crippen molar-refractivity contribution in [1.29, 1.82) is 0 Å². The fourth-order valence-corrected chi connectivity index (χ4v) is 3.45. The number of anilines is 2. The van der Waals surface area contributed by atoms with E-state index in [2.05, 4.69) is 10.2 Å². The average molecular weight is 396 g/mol. The summed E-state index contributed by atoms with van der Waals surface area (Å²) < 4.78 is 5.69. The number of ether oxygens (including phenoxy) is 1. The second kappa shape index (κ2) is 9.45. The zero-order valence-electron chi connectivity index (χ0n) is 17.4. The number of hydrogen-bond donors (Lipinski definition) is 1. The molecule has 0 bridgehead atoms. The highest BCUT2D eigenvalue weighted by molar-refractivity contribution is 6.06. The lowest BCUT2D eigenvalue weighted by Gasteiger charge is -2.36. The highest BCUT2D eigenvalue weighted by Crippen LogP contribution is 2.27. The van der Waals surface area contributed by atoms with Crippen LogP contribution in [0.25, 0.3) is 0 Å². The van der Waals surface area contributed by atoms with E-state index in [-0.39, 0.29) is 17.9 Å². The van der Waals surface area contributed by atoms with Crippen LogP contribution in [0.15, 0.2) is 48.5 Å². The van der Waals surface area contributed by atoms with Gasteiger partial charge in [-0.15, -0.1) is 0 Å². The third-order valence-corrected chi connectivity index (χ3v) is 4.90. The second-order valence-electron chi connectivity index (χ2n) is 7.39. The predicted molar refractivity (Wildman–Crippen MR) is 116 cm³/mol. The van der Waals surface area contributed by atoms with Crippen LogP contribution < -0.4 is 15.0 Å². The molecule has 0 aliphatic carbocycles. The standard InChI is InChI=1S/C23H29N3O3/c1-4-22(27)26-14-12-25(13-15-26)21-11-6-5-10-20(21)24-23(28)18-8-7-9-19(16-18)29-17(2)3/h5-11,16-17H,4,12-15H2,1-3H3,(H,24,28). The molecule has 0 unspecified atom stereocenters. The molecule has 1 saturated heterocycles. The molecule has 1 N–H and O–H groups in total. The molecule has 2 aromatic rings. The summed E-state index contributed by atoms with van der Waals surface area (Å²) in [6.07, 6.45) is 0.582. The van der Waals surface area contributed by atoms with Crippen molar-refractivity contribution < 1.29 is 14.3 Å². The van der Waals surface area contributed by atoms with E-state index in [0.717, 1.165) is 24.5 Å². The number of para-hydroxylation sites is 2. The molecule has 3 rings (SSSR count). The Kier molecular flexibility index (Phi) is 6.75. The second-order valence-corrected chi connectivity index (χ2v) is 7.39. The van der Waals surface area contributed by atoms with Crippen LogP contribution in [0.3, 0.4) is 0 Å². The van der Waals surface area contributed by atoms with Crippen LogP contribution in [0.1, 0.15) is 37.6 Å². The molecule has 1 aliphatic rings. The predicted octanol–water partition coefficient (Wildman–Crippen LogP) is 3.78. The van der Waals surface area contributed by atoms with Gasteiger partial charge in [0.25, 0.3) is 5.91 Å². The van der Waals surface area contributed by atoms with Gasteiger partial charge in [0.2, 0.25) is 5.91 Å². The van der Waals surface area contributed by atoms with Gasteiger partial charge in [-0.1, -0.05) is 25.1 Å². The van der Waals surface area contributed by atoms with Crippen molar-refractivity contribution in [2.75, 3.05) is 36.4 Å². The van der Waals surface area contributed by atoms with Gasteiger partial charge in [-0.3, -0.25) is 9.59 Å². The number of nitrogens with one attached hydrogen (secondary N) is 1. The Balaban J connectivity index is 1.71. The SMILES string of the molecule is CCC(=O)N1CCN(c2ccccc2NC(=O)c2cccc(OC(C)C)c2)CC1. The molecule has 0 aromatic heterocycles. The van der Waals surface area contributed by atoms with Crippen molar-refractivity contribution in [1.82, 2.24) is 4.90 Å². The average Bonchev–Trinajstić information content (AvgIpc) is 2.73. The summed E-state index contributed by atoms with van der Waals surface area (Å²) in [5.41, 5.74) is 2.29. The van der Waals surface area contributed by atoms with Crippen LogP contribution in [-0.2, 0) is 4.79 Å². The molecule has 0 spiro atoms. The van der Waals surface area contributed by atoms with Crippen LogP contribution in [0.5, 0.6) is 5.75 Å².